The van der Waals surface area contributed by atoms with Crippen molar-refractivity contribution in [1.29, 1.82) is 0 Å². The van der Waals surface area contributed by atoms with E-state index in [1.165, 1.54) is 37.9 Å². The Labute approximate surface area is 160 Å². The first kappa shape index (κ1) is 24.5. The van der Waals surface area contributed by atoms with E-state index in [-0.39, 0.29) is 0 Å². The normalized spacial score (nSPS) is 11.5. The first-order valence-corrected chi connectivity index (χ1v) is 10.3. The van der Waals surface area contributed by atoms with Crippen LogP contribution in [0, 0.1) is 0 Å². The summed E-state index contributed by atoms with van der Waals surface area (Å²) in [7, 11) is 0. The third kappa shape index (κ3) is 14.8. The molecule has 8 heteroatoms. The molecular formula is C18H32N2O5S. The van der Waals surface area contributed by atoms with Gasteiger partial charge in [-0.05, 0) is 18.6 Å². The van der Waals surface area contributed by atoms with Crippen LogP contribution in [0.15, 0.2) is 18.7 Å². The number of carboxylic acid groups (broad SMARTS) is 2. The highest BCUT2D eigenvalue weighted by Crippen LogP contribution is 2.12. The molecule has 0 amide bonds. The first-order chi connectivity index (χ1) is 12.5. The molecule has 1 aromatic heterocycles. The molecule has 1 rings (SSSR count). The van der Waals surface area contributed by atoms with Crippen LogP contribution in [0.25, 0.3) is 0 Å². The molecule has 1 unspecified atom stereocenters. The number of rotatable bonds is 13. The summed E-state index contributed by atoms with van der Waals surface area (Å²) in [5, 5.41) is 14.8. The molecule has 150 valence electrons. The molecule has 0 radical (unpaired) electrons. The monoisotopic (exact) mass is 388 g/mol. The molecule has 2 N–H and O–H groups in total. The molecule has 0 aliphatic rings. The van der Waals surface area contributed by atoms with Gasteiger partial charge in [-0.3, -0.25) is 0 Å². The average molecular weight is 389 g/mol. The Hall–Kier alpha value is -1.54. The van der Waals surface area contributed by atoms with Crippen LogP contribution < -0.4 is 0 Å². The van der Waals surface area contributed by atoms with E-state index in [2.05, 4.69) is 23.4 Å². The Morgan fingerprint density at radius 3 is 2.35 bits per heavy atom. The van der Waals surface area contributed by atoms with Crippen LogP contribution in [0.3, 0.4) is 0 Å². The van der Waals surface area contributed by atoms with Gasteiger partial charge >= 0.3 is 11.9 Å². The van der Waals surface area contributed by atoms with Gasteiger partial charge in [0.25, 0.3) is 0 Å². The second kappa shape index (κ2) is 16.9. The summed E-state index contributed by atoms with van der Waals surface area (Å²) >= 11 is 2.03. The number of nitrogens with zero attached hydrogens (tertiary/aromatic N) is 2. The minimum absolute atomic E-state index is 0.312. The number of aliphatic carboxylic acids is 2. The van der Waals surface area contributed by atoms with Crippen LogP contribution in [0.2, 0.25) is 0 Å². The van der Waals surface area contributed by atoms with Crippen LogP contribution >= 0.6 is 11.8 Å². The molecule has 1 atom stereocenters. The third-order valence-electron chi connectivity index (χ3n) is 3.45. The van der Waals surface area contributed by atoms with Crippen molar-refractivity contribution in [3.05, 3.63) is 18.7 Å². The van der Waals surface area contributed by atoms with Crippen molar-refractivity contribution < 1.29 is 24.5 Å². The molecule has 0 aliphatic carbocycles. The molecule has 26 heavy (non-hydrogen) atoms. The molecule has 0 fully saturated rings. The summed E-state index contributed by atoms with van der Waals surface area (Å²) in [6, 6.07) is 0. The number of thioether (sulfide) groups is 1. The summed E-state index contributed by atoms with van der Waals surface area (Å²) in [5.41, 5.74) is 0. The molecule has 0 saturated carbocycles. The van der Waals surface area contributed by atoms with Crippen LogP contribution in [-0.2, 0) is 20.9 Å². The van der Waals surface area contributed by atoms with E-state index in [1.807, 2.05) is 30.5 Å². The molecule has 1 aromatic rings. The molecule has 0 bridgehead atoms. The van der Waals surface area contributed by atoms with Gasteiger partial charge in [0.05, 0.1) is 19.0 Å². The lowest BCUT2D eigenvalue weighted by Crippen LogP contribution is -2.23. The average Bonchev–Trinajstić information content (AvgIpc) is 3.11. The fourth-order valence-corrected chi connectivity index (χ4v) is 3.06. The van der Waals surface area contributed by atoms with Crippen LogP contribution in [0.1, 0.15) is 52.4 Å². The molecule has 0 aromatic carbocycles. The molecule has 0 aliphatic heterocycles. The van der Waals surface area contributed by atoms with Gasteiger partial charge < -0.3 is 19.5 Å². The predicted octanol–water partition coefficient (Wildman–Crippen LogP) is 3.54. The maximum atomic E-state index is 9.10. The molecular weight excluding hydrogens is 356 g/mol. The summed E-state index contributed by atoms with van der Waals surface area (Å²) in [6.07, 6.45) is 13.8. The maximum absolute atomic E-state index is 9.10. The summed E-state index contributed by atoms with van der Waals surface area (Å²) in [6.45, 7) is 6.27. The number of aromatic nitrogens is 2. The Balaban J connectivity index is 0.000000896. The van der Waals surface area contributed by atoms with Crippen LogP contribution in [0.4, 0.5) is 0 Å². The van der Waals surface area contributed by atoms with Gasteiger partial charge in [-0.2, -0.15) is 11.8 Å². The number of unbranched alkanes of at least 4 members (excludes halogenated alkanes) is 4. The van der Waals surface area contributed by atoms with Crippen molar-refractivity contribution in [2.24, 2.45) is 0 Å². The molecule has 0 spiro atoms. The lowest BCUT2D eigenvalue weighted by molar-refractivity contribution is -0.159. The number of carbonyl (C=O) groups is 2. The highest BCUT2D eigenvalue weighted by Gasteiger charge is 2.10. The number of hydrogen-bond acceptors (Lipinski definition) is 5. The SMILES string of the molecule is CCCCCCSCC(Cn1ccnc1)OCCCC.O=C(O)C(=O)O. The van der Waals surface area contributed by atoms with E-state index in [0.29, 0.717) is 6.10 Å². The van der Waals surface area contributed by atoms with E-state index < -0.39 is 11.9 Å². The minimum Gasteiger partial charge on any atom is -0.473 e. The van der Waals surface area contributed by atoms with Crippen molar-refractivity contribution in [1.82, 2.24) is 9.55 Å². The molecule has 7 nitrogen and oxygen atoms in total. The van der Waals surface area contributed by atoms with E-state index in [0.717, 1.165) is 25.3 Å². The molecule has 1 heterocycles. The van der Waals surface area contributed by atoms with Crippen molar-refractivity contribution in [3.63, 3.8) is 0 Å². The van der Waals surface area contributed by atoms with Gasteiger partial charge in [0, 0.05) is 24.8 Å². The second-order valence-corrected chi connectivity index (χ2v) is 7.00. The Kier molecular flexibility index (Phi) is 15.9. The van der Waals surface area contributed by atoms with E-state index >= 15 is 0 Å². The Morgan fingerprint density at radius 2 is 1.81 bits per heavy atom. The number of hydrogen-bond donors (Lipinski definition) is 2. The zero-order valence-corrected chi connectivity index (χ0v) is 16.6. The Bertz CT molecular complexity index is 456. The maximum Gasteiger partial charge on any atom is 0.414 e. The quantitative estimate of drug-likeness (QED) is 0.393. The van der Waals surface area contributed by atoms with Gasteiger partial charge in [0.1, 0.15) is 0 Å². The summed E-state index contributed by atoms with van der Waals surface area (Å²) in [4.78, 5) is 22.3. The van der Waals surface area contributed by atoms with Gasteiger partial charge in [-0.15, -0.1) is 0 Å². The van der Waals surface area contributed by atoms with E-state index in [4.69, 9.17) is 24.5 Å². The highest BCUT2D eigenvalue weighted by atomic mass is 32.2. The lowest BCUT2D eigenvalue weighted by Gasteiger charge is -2.18. The fourth-order valence-electron chi connectivity index (χ4n) is 2.02. The van der Waals surface area contributed by atoms with E-state index in [9.17, 15) is 0 Å². The van der Waals surface area contributed by atoms with Crippen LogP contribution in [0.5, 0.6) is 0 Å². The smallest absolute Gasteiger partial charge is 0.414 e. The molecule has 0 saturated heterocycles. The first-order valence-electron chi connectivity index (χ1n) is 9.12. The standard InChI is InChI=1S/C16H30N2OS.C2H2O4/c1-3-5-7-8-12-20-14-16(19-11-6-4-2)13-18-10-9-17-15-18;3-1(4)2(5)6/h9-10,15-16H,3-8,11-14H2,1-2H3;(H,3,4)(H,5,6). The Morgan fingerprint density at radius 1 is 1.12 bits per heavy atom. The second-order valence-electron chi connectivity index (χ2n) is 5.85. The highest BCUT2D eigenvalue weighted by molar-refractivity contribution is 7.99. The predicted molar refractivity (Wildman–Crippen MR) is 104 cm³/mol. The topological polar surface area (TPSA) is 102 Å². The van der Waals surface area contributed by atoms with Gasteiger partial charge in [-0.25, -0.2) is 14.6 Å². The van der Waals surface area contributed by atoms with Crippen molar-refractivity contribution in [2.45, 2.75) is 65.0 Å². The van der Waals surface area contributed by atoms with Gasteiger partial charge in [0.15, 0.2) is 0 Å². The zero-order valence-electron chi connectivity index (χ0n) is 15.8. The summed E-state index contributed by atoms with van der Waals surface area (Å²) < 4.78 is 8.13. The van der Waals surface area contributed by atoms with Crippen molar-refractivity contribution in [2.75, 3.05) is 18.1 Å². The van der Waals surface area contributed by atoms with E-state index in [1.54, 1.807) is 0 Å². The van der Waals surface area contributed by atoms with Crippen molar-refractivity contribution in [3.8, 4) is 0 Å². The van der Waals surface area contributed by atoms with Gasteiger partial charge in [-0.1, -0.05) is 39.5 Å². The van der Waals surface area contributed by atoms with Crippen LogP contribution in [-0.4, -0.2) is 55.9 Å². The number of ether oxygens (including phenoxy) is 1. The number of imidazole rings is 1. The minimum atomic E-state index is -1.82. The fraction of sp³-hybridized carbons (Fsp3) is 0.722. The zero-order chi connectivity index (χ0) is 19.6. The van der Waals surface area contributed by atoms with Crippen molar-refractivity contribution >= 4 is 23.7 Å². The largest absolute Gasteiger partial charge is 0.473 e. The lowest BCUT2D eigenvalue weighted by atomic mass is 10.2. The van der Waals surface area contributed by atoms with Gasteiger partial charge in [0.2, 0.25) is 0 Å². The third-order valence-corrected chi connectivity index (χ3v) is 4.64. The number of carboxylic acids is 2. The summed E-state index contributed by atoms with van der Waals surface area (Å²) in [5.74, 6) is -1.30.